The third-order valence-electron chi connectivity index (χ3n) is 4.13. The summed E-state index contributed by atoms with van der Waals surface area (Å²) in [6.45, 7) is 1.84. The van der Waals surface area contributed by atoms with Crippen LogP contribution >= 0.6 is 0 Å². The number of anilines is 1. The smallest absolute Gasteiger partial charge is 0.220 e. The minimum atomic E-state index is 0.0764. The van der Waals surface area contributed by atoms with Crippen molar-refractivity contribution in [3.05, 3.63) is 36.5 Å². The normalized spacial score (nSPS) is 18.0. The van der Waals surface area contributed by atoms with E-state index >= 15 is 0 Å². The van der Waals surface area contributed by atoms with Gasteiger partial charge in [-0.05, 0) is 19.3 Å². The molecule has 1 saturated heterocycles. The largest absolute Gasteiger partial charge is 0.355 e. The molecule has 1 N–H and O–H groups in total. The van der Waals surface area contributed by atoms with Crippen LogP contribution in [0.5, 0.6) is 0 Å². The number of hydrogen-bond acceptors (Lipinski definition) is 5. The molecule has 3 heterocycles. The van der Waals surface area contributed by atoms with Crippen LogP contribution in [-0.2, 0) is 18.3 Å². The zero-order valence-electron chi connectivity index (χ0n) is 13.4. The summed E-state index contributed by atoms with van der Waals surface area (Å²) in [5, 5.41) is 7.36. The molecule has 1 aliphatic rings. The summed E-state index contributed by atoms with van der Waals surface area (Å²) >= 11 is 0. The van der Waals surface area contributed by atoms with E-state index in [2.05, 4.69) is 25.3 Å². The summed E-state index contributed by atoms with van der Waals surface area (Å²) in [4.78, 5) is 22.6. The maximum atomic E-state index is 12.1. The van der Waals surface area contributed by atoms with Gasteiger partial charge in [0.15, 0.2) is 0 Å². The fourth-order valence-corrected chi connectivity index (χ4v) is 2.98. The van der Waals surface area contributed by atoms with Crippen molar-refractivity contribution in [2.75, 3.05) is 18.0 Å². The Hall–Kier alpha value is -2.44. The molecule has 1 atom stereocenters. The van der Waals surface area contributed by atoms with E-state index in [1.807, 2.05) is 17.8 Å². The lowest BCUT2D eigenvalue weighted by molar-refractivity contribution is -0.121. The van der Waals surface area contributed by atoms with Crippen LogP contribution in [0.2, 0.25) is 0 Å². The number of piperidine rings is 1. The van der Waals surface area contributed by atoms with Crippen LogP contribution in [0.4, 0.5) is 5.82 Å². The minimum Gasteiger partial charge on any atom is -0.355 e. The highest BCUT2D eigenvalue weighted by molar-refractivity contribution is 5.76. The topological polar surface area (TPSA) is 75.9 Å². The molecule has 3 rings (SSSR count). The second-order valence-corrected chi connectivity index (χ2v) is 5.86. The van der Waals surface area contributed by atoms with Gasteiger partial charge in [-0.1, -0.05) is 0 Å². The van der Waals surface area contributed by atoms with Crippen LogP contribution in [0.1, 0.15) is 25.0 Å². The molecule has 0 aromatic carbocycles. The average molecular weight is 314 g/mol. The summed E-state index contributed by atoms with van der Waals surface area (Å²) in [6.07, 6.45) is 9.96. The van der Waals surface area contributed by atoms with Gasteiger partial charge in [-0.15, -0.1) is 0 Å². The first-order valence-corrected chi connectivity index (χ1v) is 7.99. The number of amides is 1. The Kier molecular flexibility index (Phi) is 4.85. The predicted octanol–water partition coefficient (Wildman–Crippen LogP) is 0.928. The Morgan fingerprint density at radius 2 is 2.30 bits per heavy atom. The monoisotopic (exact) mass is 314 g/mol. The number of carbonyl (C=O) groups excluding carboxylic acids is 1. The van der Waals surface area contributed by atoms with Gasteiger partial charge < -0.3 is 10.2 Å². The molecule has 0 aliphatic carbocycles. The quantitative estimate of drug-likeness (QED) is 0.888. The molecule has 0 unspecified atom stereocenters. The van der Waals surface area contributed by atoms with Crippen molar-refractivity contribution < 1.29 is 4.79 Å². The number of nitrogens with one attached hydrogen (secondary N) is 1. The van der Waals surface area contributed by atoms with Gasteiger partial charge in [-0.2, -0.15) is 5.10 Å². The maximum absolute atomic E-state index is 12.1. The molecule has 23 heavy (non-hydrogen) atoms. The van der Waals surface area contributed by atoms with Crippen LogP contribution in [0, 0.1) is 0 Å². The molecule has 2 aromatic heterocycles. The van der Waals surface area contributed by atoms with Gasteiger partial charge in [0.2, 0.25) is 5.91 Å². The van der Waals surface area contributed by atoms with Crippen molar-refractivity contribution in [2.24, 2.45) is 7.05 Å². The molecule has 0 saturated carbocycles. The van der Waals surface area contributed by atoms with Crippen LogP contribution in [0.3, 0.4) is 0 Å². The van der Waals surface area contributed by atoms with E-state index in [0.717, 1.165) is 37.4 Å². The van der Waals surface area contributed by atoms with Crippen LogP contribution in [0.25, 0.3) is 0 Å². The zero-order chi connectivity index (χ0) is 16.1. The maximum Gasteiger partial charge on any atom is 0.220 e. The fourth-order valence-electron chi connectivity index (χ4n) is 2.98. The van der Waals surface area contributed by atoms with Gasteiger partial charge in [0, 0.05) is 57.3 Å². The molecule has 122 valence electrons. The second kappa shape index (κ2) is 7.21. The van der Waals surface area contributed by atoms with Gasteiger partial charge >= 0.3 is 0 Å². The molecule has 7 heteroatoms. The highest BCUT2D eigenvalue weighted by Gasteiger charge is 2.22. The summed E-state index contributed by atoms with van der Waals surface area (Å²) in [5.41, 5.74) is 0.850. The minimum absolute atomic E-state index is 0.0764. The van der Waals surface area contributed by atoms with Crippen molar-refractivity contribution in [1.82, 2.24) is 25.1 Å². The first-order chi connectivity index (χ1) is 11.2. The van der Waals surface area contributed by atoms with Crippen LogP contribution < -0.4 is 10.2 Å². The van der Waals surface area contributed by atoms with E-state index in [9.17, 15) is 4.79 Å². The molecule has 1 amide bonds. The number of nitrogens with zero attached hydrogens (tertiary/aromatic N) is 5. The van der Waals surface area contributed by atoms with Crippen molar-refractivity contribution in [3.63, 3.8) is 0 Å². The Labute approximate surface area is 135 Å². The van der Waals surface area contributed by atoms with Crippen LogP contribution in [0.15, 0.2) is 30.9 Å². The van der Waals surface area contributed by atoms with Crippen LogP contribution in [-0.4, -0.2) is 44.8 Å². The molecule has 0 radical (unpaired) electrons. The van der Waals surface area contributed by atoms with E-state index in [-0.39, 0.29) is 11.9 Å². The first kappa shape index (κ1) is 15.5. The molecular weight excluding hydrogens is 292 g/mol. The highest BCUT2D eigenvalue weighted by atomic mass is 16.1. The zero-order valence-corrected chi connectivity index (χ0v) is 13.4. The Bertz CT molecular complexity index is 641. The predicted molar refractivity (Wildman–Crippen MR) is 86.9 cm³/mol. The molecular formula is C16H22N6O. The molecule has 1 fully saturated rings. The standard InChI is InChI=1S/C16H22N6O/c1-21-16(6-7-19-21)22-10-2-3-14(12-22)20-15(23)5-4-13-11-17-8-9-18-13/h6-9,11,14H,2-5,10,12H2,1H3,(H,20,23)/t14-/m1/s1. The van der Waals surface area contributed by atoms with Crippen molar-refractivity contribution in [3.8, 4) is 0 Å². The van der Waals surface area contributed by atoms with Crippen molar-refractivity contribution in [2.45, 2.75) is 31.7 Å². The lowest BCUT2D eigenvalue weighted by Gasteiger charge is -2.34. The average Bonchev–Trinajstić information content (AvgIpc) is 3.00. The summed E-state index contributed by atoms with van der Waals surface area (Å²) in [7, 11) is 1.94. The van der Waals surface area contributed by atoms with E-state index in [1.54, 1.807) is 24.8 Å². The first-order valence-electron chi connectivity index (χ1n) is 7.99. The van der Waals surface area contributed by atoms with Crippen molar-refractivity contribution >= 4 is 11.7 Å². The number of carbonyl (C=O) groups is 1. The van der Waals surface area contributed by atoms with Gasteiger partial charge in [0.25, 0.3) is 0 Å². The van der Waals surface area contributed by atoms with E-state index in [1.165, 1.54) is 0 Å². The van der Waals surface area contributed by atoms with Gasteiger partial charge in [0.1, 0.15) is 5.82 Å². The Morgan fingerprint density at radius 1 is 1.39 bits per heavy atom. The van der Waals surface area contributed by atoms with Gasteiger partial charge in [0.05, 0.1) is 11.9 Å². The summed E-state index contributed by atoms with van der Waals surface area (Å²) in [6, 6.07) is 2.20. The molecule has 7 nitrogen and oxygen atoms in total. The Morgan fingerprint density at radius 3 is 3.04 bits per heavy atom. The third-order valence-corrected chi connectivity index (χ3v) is 4.13. The number of aromatic nitrogens is 4. The highest BCUT2D eigenvalue weighted by Crippen LogP contribution is 2.18. The molecule has 2 aromatic rings. The lowest BCUT2D eigenvalue weighted by atomic mass is 10.1. The Balaban J connectivity index is 1.49. The lowest BCUT2D eigenvalue weighted by Crippen LogP contribution is -2.48. The fraction of sp³-hybridized carbons (Fsp3) is 0.500. The molecule has 0 bridgehead atoms. The molecule has 0 spiro atoms. The summed E-state index contributed by atoms with van der Waals surface area (Å²) in [5.74, 6) is 1.18. The van der Waals surface area contributed by atoms with E-state index in [0.29, 0.717) is 12.8 Å². The van der Waals surface area contributed by atoms with Crippen molar-refractivity contribution in [1.29, 1.82) is 0 Å². The number of rotatable bonds is 5. The second-order valence-electron chi connectivity index (χ2n) is 5.86. The SMILES string of the molecule is Cn1nccc1N1CCC[C@@H](NC(=O)CCc2cnccn2)C1. The molecule has 1 aliphatic heterocycles. The summed E-state index contributed by atoms with van der Waals surface area (Å²) < 4.78 is 1.87. The van der Waals surface area contributed by atoms with E-state index in [4.69, 9.17) is 0 Å². The van der Waals surface area contributed by atoms with E-state index < -0.39 is 0 Å². The number of hydrogen-bond donors (Lipinski definition) is 1. The number of aryl methyl sites for hydroxylation is 2. The van der Waals surface area contributed by atoms with Gasteiger partial charge in [-0.25, -0.2) is 0 Å². The van der Waals surface area contributed by atoms with Gasteiger partial charge in [-0.3, -0.25) is 19.4 Å². The third kappa shape index (κ3) is 4.06.